The van der Waals surface area contributed by atoms with Gasteiger partial charge in [-0.3, -0.25) is 4.79 Å². The number of halogens is 1. The van der Waals surface area contributed by atoms with E-state index in [9.17, 15) is 4.79 Å². The van der Waals surface area contributed by atoms with Gasteiger partial charge in [0.25, 0.3) is 0 Å². The van der Waals surface area contributed by atoms with Gasteiger partial charge in [-0.05, 0) is 42.0 Å². The third-order valence-corrected chi connectivity index (χ3v) is 5.02. The summed E-state index contributed by atoms with van der Waals surface area (Å²) in [4.78, 5) is 12.3. The van der Waals surface area contributed by atoms with E-state index in [1.165, 1.54) is 0 Å². The first-order valence-electron chi connectivity index (χ1n) is 8.45. The van der Waals surface area contributed by atoms with Crippen molar-refractivity contribution < 1.29 is 9.53 Å². The van der Waals surface area contributed by atoms with E-state index < -0.39 is 0 Å². The topological polar surface area (TPSA) is 56.1 Å². The van der Waals surface area contributed by atoms with E-state index in [1.807, 2.05) is 54.7 Å². The summed E-state index contributed by atoms with van der Waals surface area (Å²) >= 11 is 3.43. The molecule has 1 N–H and O–H groups in total. The monoisotopic (exact) mass is 421 g/mol. The number of benzene rings is 2. The van der Waals surface area contributed by atoms with Crippen molar-refractivity contribution >= 4 is 27.7 Å². The van der Waals surface area contributed by atoms with Crippen LogP contribution in [0.3, 0.4) is 0 Å². The number of anilines is 1. The van der Waals surface area contributed by atoms with Crippen LogP contribution in [0.2, 0.25) is 0 Å². The van der Waals surface area contributed by atoms with Gasteiger partial charge in [0.05, 0.1) is 11.9 Å². The Morgan fingerprint density at radius 2 is 1.96 bits per heavy atom. The molecular weight excluding hydrogens is 406 g/mol. The van der Waals surface area contributed by atoms with Crippen LogP contribution in [-0.2, 0) is 4.79 Å². The summed E-state index contributed by atoms with van der Waals surface area (Å²) in [5.41, 5.74) is 2.92. The largest absolute Gasteiger partial charge is 0.481 e. The molecule has 4 rings (SSSR count). The molecule has 0 saturated carbocycles. The van der Waals surface area contributed by atoms with Crippen LogP contribution < -0.4 is 10.1 Å². The number of carbonyl (C=O) groups excluding carboxylic acids is 1. The standard InChI is InChI=1S/C21H16BrN3O2/c1-2-11-27-17-9-3-14(4-10-17)18-12-20(26)24-21-19(18)13-23-25(21)16-7-5-15(22)6-8-16/h1,3-10,13,18H,11-12H2,(H,24,26)/t18-/m0/s1. The number of nitrogens with one attached hydrogen (secondary N) is 1. The fraction of sp³-hybridized carbons (Fsp3) is 0.143. The fourth-order valence-electron chi connectivity index (χ4n) is 3.22. The third-order valence-electron chi connectivity index (χ3n) is 4.50. The van der Waals surface area contributed by atoms with Crippen LogP contribution in [-0.4, -0.2) is 22.3 Å². The van der Waals surface area contributed by atoms with Gasteiger partial charge in [0.1, 0.15) is 18.2 Å². The molecule has 6 heteroatoms. The van der Waals surface area contributed by atoms with E-state index in [2.05, 4.69) is 32.3 Å². The molecule has 27 heavy (non-hydrogen) atoms. The summed E-state index contributed by atoms with van der Waals surface area (Å²) < 4.78 is 8.17. The second kappa shape index (κ2) is 7.29. The van der Waals surface area contributed by atoms with E-state index in [4.69, 9.17) is 11.2 Å². The lowest BCUT2D eigenvalue weighted by Crippen LogP contribution is -2.24. The highest BCUT2D eigenvalue weighted by Gasteiger charge is 2.30. The van der Waals surface area contributed by atoms with E-state index in [0.717, 1.165) is 21.3 Å². The van der Waals surface area contributed by atoms with Crippen molar-refractivity contribution in [2.45, 2.75) is 12.3 Å². The Balaban J connectivity index is 1.69. The predicted octanol–water partition coefficient (Wildman–Crippen LogP) is 4.12. The number of hydrogen-bond acceptors (Lipinski definition) is 3. The van der Waals surface area contributed by atoms with Crippen LogP contribution in [0, 0.1) is 12.3 Å². The van der Waals surface area contributed by atoms with Crippen LogP contribution in [0.25, 0.3) is 5.69 Å². The lowest BCUT2D eigenvalue weighted by molar-refractivity contribution is -0.116. The smallest absolute Gasteiger partial charge is 0.226 e. The van der Waals surface area contributed by atoms with Gasteiger partial charge in [-0.2, -0.15) is 5.10 Å². The zero-order valence-corrected chi connectivity index (χ0v) is 15.9. The minimum Gasteiger partial charge on any atom is -0.481 e. The summed E-state index contributed by atoms with van der Waals surface area (Å²) in [5.74, 6) is 3.79. The molecule has 0 bridgehead atoms. The number of amides is 1. The van der Waals surface area contributed by atoms with Gasteiger partial charge in [0.15, 0.2) is 0 Å². The minimum absolute atomic E-state index is 0.0287. The lowest BCUT2D eigenvalue weighted by Gasteiger charge is -2.24. The lowest BCUT2D eigenvalue weighted by atomic mass is 9.87. The zero-order chi connectivity index (χ0) is 18.8. The highest BCUT2D eigenvalue weighted by Crippen LogP contribution is 2.38. The number of aromatic nitrogens is 2. The molecule has 1 aliphatic rings. The van der Waals surface area contributed by atoms with Gasteiger partial charge in [-0.1, -0.05) is 34.0 Å². The molecule has 1 aromatic heterocycles. The first kappa shape index (κ1) is 17.4. The highest BCUT2D eigenvalue weighted by molar-refractivity contribution is 9.10. The van der Waals surface area contributed by atoms with Crippen LogP contribution in [0.15, 0.2) is 59.2 Å². The van der Waals surface area contributed by atoms with Crippen LogP contribution in [0.4, 0.5) is 5.82 Å². The molecule has 3 aromatic rings. The summed E-state index contributed by atoms with van der Waals surface area (Å²) in [5, 5.41) is 7.47. The summed E-state index contributed by atoms with van der Waals surface area (Å²) in [6, 6.07) is 15.5. The third kappa shape index (κ3) is 3.46. The molecule has 0 saturated heterocycles. The SMILES string of the molecule is C#CCOc1ccc([C@@H]2CC(=O)Nc3c2cnn3-c2ccc(Br)cc2)cc1. The average molecular weight is 422 g/mol. The fourth-order valence-corrected chi connectivity index (χ4v) is 3.48. The van der Waals surface area contributed by atoms with E-state index >= 15 is 0 Å². The Morgan fingerprint density at radius 3 is 2.67 bits per heavy atom. The Bertz CT molecular complexity index is 1020. The molecule has 2 heterocycles. The zero-order valence-electron chi connectivity index (χ0n) is 14.4. The number of rotatable bonds is 4. The second-order valence-electron chi connectivity index (χ2n) is 6.20. The first-order valence-corrected chi connectivity index (χ1v) is 9.25. The molecule has 0 radical (unpaired) electrons. The van der Waals surface area contributed by atoms with Gasteiger partial charge < -0.3 is 10.1 Å². The van der Waals surface area contributed by atoms with Gasteiger partial charge in [-0.15, -0.1) is 6.42 Å². The summed E-state index contributed by atoms with van der Waals surface area (Å²) in [6.07, 6.45) is 7.42. The average Bonchev–Trinajstić information content (AvgIpc) is 3.10. The second-order valence-corrected chi connectivity index (χ2v) is 7.12. The van der Waals surface area contributed by atoms with Gasteiger partial charge in [0.2, 0.25) is 5.91 Å². The van der Waals surface area contributed by atoms with Crippen molar-refractivity contribution in [3.63, 3.8) is 0 Å². The molecule has 1 aliphatic heterocycles. The Hall–Kier alpha value is -3.04. The van der Waals surface area contributed by atoms with Crippen LogP contribution in [0.1, 0.15) is 23.5 Å². The van der Waals surface area contributed by atoms with Gasteiger partial charge >= 0.3 is 0 Å². The molecule has 1 amide bonds. The van der Waals surface area contributed by atoms with Crippen molar-refractivity contribution in [3.8, 4) is 23.8 Å². The molecule has 1 atom stereocenters. The maximum absolute atomic E-state index is 12.3. The van der Waals surface area contributed by atoms with Crippen molar-refractivity contribution in [1.82, 2.24) is 9.78 Å². The molecule has 0 unspecified atom stereocenters. The Kier molecular flexibility index (Phi) is 4.69. The highest BCUT2D eigenvalue weighted by atomic mass is 79.9. The normalized spacial score (nSPS) is 15.6. The van der Waals surface area contributed by atoms with Crippen molar-refractivity contribution in [2.24, 2.45) is 0 Å². The number of nitrogens with zero attached hydrogens (tertiary/aromatic N) is 2. The predicted molar refractivity (Wildman–Crippen MR) is 107 cm³/mol. The maximum atomic E-state index is 12.3. The molecular formula is C21H16BrN3O2. The molecule has 5 nitrogen and oxygen atoms in total. The molecule has 0 fully saturated rings. The molecule has 0 spiro atoms. The summed E-state index contributed by atoms with van der Waals surface area (Å²) in [7, 11) is 0. The maximum Gasteiger partial charge on any atom is 0.226 e. The van der Waals surface area contributed by atoms with Gasteiger partial charge in [-0.25, -0.2) is 4.68 Å². The Morgan fingerprint density at radius 1 is 1.22 bits per heavy atom. The number of fused-ring (bicyclic) bond motifs is 1. The van der Waals surface area contributed by atoms with E-state index in [-0.39, 0.29) is 18.4 Å². The first-order chi connectivity index (χ1) is 13.2. The van der Waals surface area contributed by atoms with E-state index in [1.54, 1.807) is 4.68 Å². The molecule has 0 aliphatic carbocycles. The van der Waals surface area contributed by atoms with Crippen molar-refractivity contribution in [3.05, 3.63) is 70.3 Å². The number of carbonyl (C=O) groups is 1. The Labute approximate surface area is 165 Å². The van der Waals surface area contributed by atoms with Crippen molar-refractivity contribution in [2.75, 3.05) is 11.9 Å². The van der Waals surface area contributed by atoms with Gasteiger partial charge in [0, 0.05) is 22.4 Å². The van der Waals surface area contributed by atoms with Crippen LogP contribution in [0.5, 0.6) is 5.75 Å². The quantitative estimate of drug-likeness (QED) is 0.644. The van der Waals surface area contributed by atoms with Crippen molar-refractivity contribution in [1.29, 1.82) is 0 Å². The number of ether oxygens (including phenoxy) is 1. The molecule has 2 aromatic carbocycles. The van der Waals surface area contributed by atoms with E-state index in [0.29, 0.717) is 18.0 Å². The number of terminal acetylenes is 1. The number of hydrogen-bond donors (Lipinski definition) is 1. The minimum atomic E-state index is -0.0559. The van der Waals surface area contributed by atoms with Crippen LogP contribution >= 0.6 is 15.9 Å². The molecule has 134 valence electrons. The summed E-state index contributed by atoms with van der Waals surface area (Å²) in [6.45, 7) is 0.231.